The van der Waals surface area contributed by atoms with E-state index in [0.29, 0.717) is 5.56 Å². The summed E-state index contributed by atoms with van der Waals surface area (Å²) < 4.78 is 59.1. The van der Waals surface area contributed by atoms with Crippen molar-refractivity contribution in [2.75, 3.05) is 26.3 Å². The molecule has 3 rings (SSSR count). The summed E-state index contributed by atoms with van der Waals surface area (Å²) in [5, 5.41) is 9.73. The third kappa shape index (κ3) is 3.71. The summed E-state index contributed by atoms with van der Waals surface area (Å²) >= 11 is 0. The topological polar surface area (TPSA) is 71.2 Å². The normalized spacial score (nSPS) is 16.2. The Balaban J connectivity index is 1.69. The summed E-state index contributed by atoms with van der Waals surface area (Å²) in [6.45, 7) is 8.05. The second-order valence-electron chi connectivity index (χ2n) is 6.85. The molecule has 9 heteroatoms. The van der Waals surface area contributed by atoms with Crippen LogP contribution in [0, 0.1) is 30.5 Å². The number of ether oxygens (including phenoxy) is 1. The van der Waals surface area contributed by atoms with Gasteiger partial charge in [-0.25, -0.2) is 22.0 Å². The van der Waals surface area contributed by atoms with Gasteiger partial charge in [0, 0.05) is 19.2 Å². The molecule has 1 aliphatic heterocycles. The van der Waals surface area contributed by atoms with Gasteiger partial charge < -0.3 is 9.84 Å². The standard InChI is InChI=1S/C19H18F2N2O4S/c1-13-7-14(20)3-6-18(13)28(25,26)23-9-19(10-23,11-24)12-27-15-4-5-17(22-2)16(21)8-15/h3-8,24H,9-12H2,1H3. The summed E-state index contributed by atoms with van der Waals surface area (Å²) in [4.78, 5) is 3.04. The largest absolute Gasteiger partial charge is 0.493 e. The maximum absolute atomic E-state index is 13.7. The molecule has 1 N–H and O–H groups in total. The number of benzene rings is 2. The highest BCUT2D eigenvalue weighted by Gasteiger charge is 2.49. The molecule has 6 nitrogen and oxygen atoms in total. The smallest absolute Gasteiger partial charge is 0.243 e. The third-order valence-electron chi connectivity index (χ3n) is 4.70. The van der Waals surface area contributed by atoms with Crippen molar-refractivity contribution in [3.05, 3.63) is 65.0 Å². The van der Waals surface area contributed by atoms with E-state index in [-0.39, 0.29) is 42.6 Å². The monoisotopic (exact) mass is 408 g/mol. The van der Waals surface area contributed by atoms with Gasteiger partial charge in [0.05, 0.1) is 30.1 Å². The molecule has 148 valence electrons. The van der Waals surface area contributed by atoms with Crippen molar-refractivity contribution in [2.45, 2.75) is 11.8 Å². The molecule has 0 atom stereocenters. The Morgan fingerprint density at radius 3 is 2.54 bits per heavy atom. The highest BCUT2D eigenvalue weighted by atomic mass is 32.2. The second kappa shape index (κ2) is 7.47. The van der Waals surface area contributed by atoms with E-state index in [1.165, 1.54) is 29.4 Å². The van der Waals surface area contributed by atoms with Gasteiger partial charge in [0.15, 0.2) is 0 Å². The van der Waals surface area contributed by atoms with E-state index in [2.05, 4.69) is 4.85 Å². The van der Waals surface area contributed by atoms with E-state index in [1.807, 2.05) is 0 Å². The first-order valence-corrected chi connectivity index (χ1v) is 9.82. The minimum Gasteiger partial charge on any atom is -0.493 e. The zero-order valence-electron chi connectivity index (χ0n) is 15.0. The maximum Gasteiger partial charge on any atom is 0.243 e. The fourth-order valence-corrected chi connectivity index (χ4v) is 4.93. The number of aryl methyl sites for hydroxylation is 1. The Hall–Kier alpha value is -2.54. The van der Waals surface area contributed by atoms with Crippen LogP contribution in [0.25, 0.3) is 4.85 Å². The van der Waals surface area contributed by atoms with Crippen molar-refractivity contribution >= 4 is 15.7 Å². The van der Waals surface area contributed by atoms with Crippen molar-refractivity contribution in [2.24, 2.45) is 5.41 Å². The first-order valence-electron chi connectivity index (χ1n) is 8.38. The lowest BCUT2D eigenvalue weighted by molar-refractivity contribution is -0.0273. The van der Waals surface area contributed by atoms with Gasteiger partial charge in [-0.3, -0.25) is 0 Å². The number of sulfonamides is 1. The van der Waals surface area contributed by atoms with Crippen LogP contribution in [-0.4, -0.2) is 44.1 Å². The van der Waals surface area contributed by atoms with Crippen molar-refractivity contribution in [3.8, 4) is 5.75 Å². The predicted octanol–water partition coefficient (Wildman–Crippen LogP) is 2.89. The van der Waals surface area contributed by atoms with E-state index >= 15 is 0 Å². The summed E-state index contributed by atoms with van der Waals surface area (Å²) in [5.41, 5.74) is -0.649. The number of aliphatic hydroxyl groups excluding tert-OH is 1. The lowest BCUT2D eigenvalue weighted by Crippen LogP contribution is -2.62. The average molecular weight is 408 g/mol. The van der Waals surface area contributed by atoms with Crippen molar-refractivity contribution < 1.29 is 27.0 Å². The summed E-state index contributed by atoms with van der Waals surface area (Å²) in [5.74, 6) is -1.04. The molecule has 28 heavy (non-hydrogen) atoms. The van der Waals surface area contributed by atoms with Gasteiger partial charge in [-0.05, 0) is 42.8 Å². The van der Waals surface area contributed by atoms with Crippen LogP contribution in [0.5, 0.6) is 5.75 Å². The predicted molar refractivity (Wildman–Crippen MR) is 97.6 cm³/mol. The van der Waals surface area contributed by atoms with E-state index in [0.717, 1.165) is 18.2 Å². The fraction of sp³-hybridized carbons (Fsp3) is 0.316. The van der Waals surface area contributed by atoms with Crippen molar-refractivity contribution in [3.63, 3.8) is 0 Å². The summed E-state index contributed by atoms with van der Waals surface area (Å²) in [6, 6.07) is 7.26. The van der Waals surface area contributed by atoms with Crippen LogP contribution in [0.1, 0.15) is 5.56 Å². The van der Waals surface area contributed by atoms with Gasteiger partial charge in [0.2, 0.25) is 15.7 Å². The third-order valence-corrected chi connectivity index (χ3v) is 6.65. The van der Waals surface area contributed by atoms with E-state index in [9.17, 15) is 22.3 Å². The second-order valence-corrected chi connectivity index (χ2v) is 8.76. The quantitative estimate of drug-likeness (QED) is 0.747. The first kappa shape index (κ1) is 20.2. The highest BCUT2D eigenvalue weighted by Crippen LogP contribution is 2.36. The molecule has 1 aliphatic rings. The molecule has 0 bridgehead atoms. The number of hydrogen-bond donors (Lipinski definition) is 1. The molecule has 2 aromatic rings. The minimum absolute atomic E-state index is 0.0122. The zero-order chi connectivity index (χ0) is 20.5. The molecule has 1 fully saturated rings. The molecule has 0 aromatic heterocycles. The molecule has 0 radical (unpaired) electrons. The van der Waals surface area contributed by atoms with Crippen LogP contribution in [-0.2, 0) is 10.0 Å². The lowest BCUT2D eigenvalue weighted by atomic mass is 9.83. The number of aliphatic hydroxyl groups is 1. The van der Waals surface area contributed by atoms with Crippen molar-refractivity contribution in [1.29, 1.82) is 0 Å². The fourth-order valence-electron chi connectivity index (χ4n) is 3.05. The summed E-state index contributed by atoms with van der Waals surface area (Å²) in [6.07, 6.45) is 0. The molecule has 0 amide bonds. The SMILES string of the molecule is [C-]#[N+]c1ccc(OCC2(CO)CN(S(=O)(=O)c3ccc(F)cc3C)C2)cc1F. The Bertz CT molecular complexity index is 1040. The van der Waals surface area contributed by atoms with Gasteiger partial charge in [-0.2, -0.15) is 4.31 Å². The van der Waals surface area contributed by atoms with Gasteiger partial charge in [0.25, 0.3) is 0 Å². The van der Waals surface area contributed by atoms with Crippen LogP contribution < -0.4 is 4.74 Å². The van der Waals surface area contributed by atoms with Crippen LogP contribution in [0.15, 0.2) is 41.3 Å². The molecular formula is C19H18F2N2O4S. The number of halogens is 2. The Kier molecular flexibility index (Phi) is 5.39. The average Bonchev–Trinajstić information content (AvgIpc) is 2.60. The molecule has 0 unspecified atom stereocenters. The molecule has 0 saturated carbocycles. The Morgan fingerprint density at radius 1 is 1.25 bits per heavy atom. The number of hydrogen-bond acceptors (Lipinski definition) is 4. The Morgan fingerprint density at radius 2 is 1.96 bits per heavy atom. The minimum atomic E-state index is -3.82. The molecule has 1 saturated heterocycles. The van der Waals surface area contributed by atoms with Crippen LogP contribution in [0.3, 0.4) is 0 Å². The van der Waals surface area contributed by atoms with Crippen LogP contribution in [0.2, 0.25) is 0 Å². The summed E-state index contributed by atoms with van der Waals surface area (Å²) in [7, 11) is -3.82. The molecule has 1 heterocycles. The Labute approximate surface area is 161 Å². The highest BCUT2D eigenvalue weighted by molar-refractivity contribution is 7.89. The van der Waals surface area contributed by atoms with Gasteiger partial charge in [0.1, 0.15) is 17.4 Å². The van der Waals surface area contributed by atoms with Gasteiger partial charge in [-0.15, -0.1) is 0 Å². The molecule has 0 spiro atoms. The van der Waals surface area contributed by atoms with Gasteiger partial charge in [-0.1, -0.05) is 0 Å². The van der Waals surface area contributed by atoms with Crippen molar-refractivity contribution in [1.82, 2.24) is 4.31 Å². The number of nitrogens with zero attached hydrogens (tertiary/aromatic N) is 2. The zero-order valence-corrected chi connectivity index (χ0v) is 15.8. The lowest BCUT2D eigenvalue weighted by Gasteiger charge is -2.47. The van der Waals surface area contributed by atoms with E-state index < -0.39 is 27.1 Å². The van der Waals surface area contributed by atoms with E-state index in [4.69, 9.17) is 11.3 Å². The number of rotatable bonds is 6. The van der Waals surface area contributed by atoms with E-state index in [1.54, 1.807) is 0 Å². The first-order chi connectivity index (χ1) is 13.2. The molecular weight excluding hydrogens is 390 g/mol. The maximum atomic E-state index is 13.7. The van der Waals surface area contributed by atoms with Gasteiger partial charge >= 0.3 is 0 Å². The molecule has 2 aromatic carbocycles. The van der Waals surface area contributed by atoms with Crippen LogP contribution in [0.4, 0.5) is 14.5 Å². The molecule has 0 aliphatic carbocycles. The van der Waals surface area contributed by atoms with Crippen LogP contribution >= 0.6 is 0 Å².